The molecule has 0 aliphatic carbocycles. The molecule has 0 saturated heterocycles. The molecule has 0 N–H and O–H groups in total. The molecule has 0 heterocycles. The summed E-state index contributed by atoms with van der Waals surface area (Å²) in [6, 6.07) is 0. The van der Waals surface area contributed by atoms with Crippen LogP contribution in [0.5, 0.6) is 0 Å². The van der Waals surface area contributed by atoms with Crippen molar-refractivity contribution in [1.29, 1.82) is 0 Å². The summed E-state index contributed by atoms with van der Waals surface area (Å²) in [5.41, 5.74) is 0. The van der Waals surface area contributed by atoms with Crippen LogP contribution < -0.4 is 0 Å². The molecule has 0 fully saturated rings. The Bertz CT molecular complexity index is 93.7. The summed E-state index contributed by atoms with van der Waals surface area (Å²) in [6.45, 7) is 8.70. The normalized spacial score (nSPS) is 12.6. The zero-order valence-electron chi connectivity index (χ0n) is 7.60. The van der Waals surface area contributed by atoms with E-state index in [1.54, 1.807) is 7.11 Å². The van der Waals surface area contributed by atoms with Crippen molar-refractivity contribution in [2.45, 2.75) is 26.2 Å². The molecule has 0 bridgehead atoms. The van der Waals surface area contributed by atoms with Gasteiger partial charge in [0.15, 0.2) is 0 Å². The van der Waals surface area contributed by atoms with E-state index in [9.17, 15) is 0 Å². The molecule has 62 valence electrons. The van der Waals surface area contributed by atoms with Gasteiger partial charge in [-0.2, -0.15) is 0 Å². The molecule has 0 aliphatic heterocycles. The average Bonchev–Trinajstić information content (AvgIpc) is 1.85. The first-order valence-corrected chi connectivity index (χ1v) is 9.61. The van der Waals surface area contributed by atoms with Gasteiger partial charge in [-0.05, 0) is 13.1 Å². The van der Waals surface area contributed by atoms with Crippen molar-refractivity contribution in [3.05, 3.63) is 0 Å². The second-order valence-corrected chi connectivity index (χ2v) is 9.93. The van der Waals surface area contributed by atoms with E-state index in [0.717, 1.165) is 6.23 Å². The highest BCUT2D eigenvalue weighted by Gasteiger charge is 2.22. The first-order chi connectivity index (χ1) is 4.48. The van der Waals surface area contributed by atoms with E-state index >= 15 is 0 Å². The largest absolute Gasteiger partial charge is 0.398 e. The van der Waals surface area contributed by atoms with Crippen LogP contribution in [0.15, 0.2) is 0 Å². The zero-order valence-corrected chi connectivity index (χ0v) is 9.76. The van der Waals surface area contributed by atoms with Gasteiger partial charge in [0.2, 0.25) is 0 Å². The standard InChI is InChI=1S/C6H18O2Si2/c1-7-10(4,5)8-6-9(2)3/h9H,6H2,1-5H3. The Morgan fingerprint density at radius 3 is 2.10 bits per heavy atom. The second kappa shape index (κ2) is 4.28. The van der Waals surface area contributed by atoms with E-state index in [1.165, 1.54) is 0 Å². The molecule has 0 aromatic carbocycles. The predicted molar refractivity (Wildman–Crippen MR) is 49.3 cm³/mol. The van der Waals surface area contributed by atoms with Crippen LogP contribution in [0.2, 0.25) is 26.2 Å². The topological polar surface area (TPSA) is 18.5 Å². The third kappa shape index (κ3) is 5.16. The van der Waals surface area contributed by atoms with Gasteiger partial charge in [0.1, 0.15) is 0 Å². The molecule has 0 atom stereocenters. The summed E-state index contributed by atoms with van der Waals surface area (Å²) in [5.74, 6) is 0. The zero-order chi connectivity index (χ0) is 8.20. The highest BCUT2D eigenvalue weighted by Crippen LogP contribution is 2.04. The molecule has 0 amide bonds. The van der Waals surface area contributed by atoms with Gasteiger partial charge in [-0.25, -0.2) is 0 Å². The van der Waals surface area contributed by atoms with E-state index in [1.807, 2.05) is 0 Å². The lowest BCUT2D eigenvalue weighted by molar-refractivity contribution is 0.243. The SMILES string of the molecule is CO[Si](C)(C)OC[SiH](C)C. The summed E-state index contributed by atoms with van der Waals surface area (Å²) in [4.78, 5) is 0. The van der Waals surface area contributed by atoms with Crippen molar-refractivity contribution in [2.75, 3.05) is 13.3 Å². The number of rotatable bonds is 4. The third-order valence-electron chi connectivity index (χ3n) is 1.26. The highest BCUT2D eigenvalue weighted by atomic mass is 28.4. The van der Waals surface area contributed by atoms with Gasteiger partial charge in [-0.3, -0.25) is 0 Å². The van der Waals surface area contributed by atoms with Gasteiger partial charge in [0, 0.05) is 13.3 Å². The van der Waals surface area contributed by atoms with E-state index in [-0.39, 0.29) is 0 Å². The Morgan fingerprint density at radius 1 is 1.30 bits per heavy atom. The van der Waals surface area contributed by atoms with Crippen LogP contribution in [0.1, 0.15) is 0 Å². The van der Waals surface area contributed by atoms with Crippen molar-refractivity contribution in [2.24, 2.45) is 0 Å². The second-order valence-electron chi connectivity index (χ2n) is 3.31. The molecule has 10 heavy (non-hydrogen) atoms. The minimum Gasteiger partial charge on any atom is -0.398 e. The first-order valence-electron chi connectivity index (χ1n) is 3.67. The van der Waals surface area contributed by atoms with Crippen LogP contribution in [-0.4, -0.2) is 30.7 Å². The van der Waals surface area contributed by atoms with Gasteiger partial charge < -0.3 is 8.85 Å². The van der Waals surface area contributed by atoms with Crippen molar-refractivity contribution >= 4 is 17.4 Å². The molecule has 0 unspecified atom stereocenters. The maximum atomic E-state index is 5.62. The minimum atomic E-state index is -1.71. The third-order valence-corrected chi connectivity index (χ3v) is 4.27. The quantitative estimate of drug-likeness (QED) is 0.606. The van der Waals surface area contributed by atoms with Gasteiger partial charge >= 0.3 is 8.56 Å². The van der Waals surface area contributed by atoms with Gasteiger partial charge in [0.05, 0.1) is 8.80 Å². The molecule has 0 saturated carbocycles. The summed E-state index contributed by atoms with van der Waals surface area (Å²) in [5, 5.41) is 0. The van der Waals surface area contributed by atoms with Crippen LogP contribution in [0.3, 0.4) is 0 Å². The lowest BCUT2D eigenvalue weighted by atomic mass is 11.7. The van der Waals surface area contributed by atoms with Crippen molar-refractivity contribution < 1.29 is 8.85 Å². The molecule has 2 nitrogen and oxygen atoms in total. The lowest BCUT2D eigenvalue weighted by Gasteiger charge is -2.20. The van der Waals surface area contributed by atoms with E-state index in [0.29, 0.717) is 0 Å². The Kier molecular flexibility index (Phi) is 4.43. The average molecular weight is 178 g/mol. The molecule has 0 spiro atoms. The van der Waals surface area contributed by atoms with Crippen molar-refractivity contribution in [3.8, 4) is 0 Å². The maximum absolute atomic E-state index is 5.62. The lowest BCUT2D eigenvalue weighted by Crippen LogP contribution is -2.36. The maximum Gasteiger partial charge on any atom is 0.331 e. The summed E-state index contributed by atoms with van der Waals surface area (Å²) in [6.07, 6.45) is 0.951. The van der Waals surface area contributed by atoms with Gasteiger partial charge in [0.25, 0.3) is 0 Å². The molecule has 0 rings (SSSR count). The Labute approximate surface area is 66.4 Å². The van der Waals surface area contributed by atoms with Crippen LogP contribution >= 0.6 is 0 Å². The molecular weight excluding hydrogens is 160 g/mol. The molecule has 0 radical (unpaired) electrons. The monoisotopic (exact) mass is 178 g/mol. The van der Waals surface area contributed by atoms with E-state index < -0.39 is 17.4 Å². The Hall–Kier alpha value is 0.354. The fraction of sp³-hybridized carbons (Fsp3) is 1.00. The van der Waals surface area contributed by atoms with Gasteiger partial charge in [-0.1, -0.05) is 13.1 Å². The summed E-state index contributed by atoms with van der Waals surface area (Å²) >= 11 is 0. The van der Waals surface area contributed by atoms with Crippen molar-refractivity contribution in [3.63, 3.8) is 0 Å². The minimum absolute atomic E-state index is 0.552. The van der Waals surface area contributed by atoms with Crippen LogP contribution in [0.4, 0.5) is 0 Å². The number of hydrogen-bond acceptors (Lipinski definition) is 2. The Morgan fingerprint density at radius 2 is 1.80 bits per heavy atom. The Balaban J connectivity index is 3.46. The predicted octanol–water partition coefficient (Wildman–Crippen LogP) is 1.38. The molecule has 4 heteroatoms. The first kappa shape index (κ1) is 10.4. The summed E-state index contributed by atoms with van der Waals surface area (Å²) < 4.78 is 10.8. The van der Waals surface area contributed by atoms with Crippen molar-refractivity contribution in [1.82, 2.24) is 0 Å². The van der Waals surface area contributed by atoms with E-state index in [4.69, 9.17) is 8.85 Å². The molecular formula is C6H18O2Si2. The smallest absolute Gasteiger partial charge is 0.331 e. The highest BCUT2D eigenvalue weighted by molar-refractivity contribution is 6.66. The fourth-order valence-electron chi connectivity index (χ4n) is 0.426. The molecule has 0 aliphatic rings. The van der Waals surface area contributed by atoms with Crippen LogP contribution in [0.25, 0.3) is 0 Å². The molecule has 0 aromatic rings. The van der Waals surface area contributed by atoms with Crippen LogP contribution in [0, 0.1) is 0 Å². The number of hydrogen-bond donors (Lipinski definition) is 0. The van der Waals surface area contributed by atoms with Crippen LogP contribution in [-0.2, 0) is 8.85 Å². The van der Waals surface area contributed by atoms with E-state index in [2.05, 4.69) is 26.2 Å². The summed E-state index contributed by atoms with van der Waals surface area (Å²) in [7, 11) is -0.527. The molecule has 0 aromatic heterocycles. The fourth-order valence-corrected chi connectivity index (χ4v) is 3.48. The van der Waals surface area contributed by atoms with Gasteiger partial charge in [-0.15, -0.1) is 0 Å².